The highest BCUT2D eigenvalue weighted by Crippen LogP contribution is 2.47. The molecule has 0 saturated heterocycles. The van der Waals surface area contributed by atoms with Gasteiger partial charge in [-0.1, -0.05) is 60.7 Å². The van der Waals surface area contributed by atoms with E-state index in [-0.39, 0.29) is 71.4 Å². The zero-order valence-corrected chi connectivity index (χ0v) is 45.5. The Hall–Kier alpha value is -10.8. The number of phenols is 3. The molecule has 0 aliphatic carbocycles. The lowest BCUT2D eigenvalue weighted by Gasteiger charge is -2.29. The average Bonchev–Trinajstić information content (AvgIpc) is 2.84. The lowest BCUT2D eigenvalue weighted by Crippen LogP contribution is -2.33. The van der Waals surface area contributed by atoms with Crippen molar-refractivity contribution >= 4 is 51.5 Å². The number of nitrogens with one attached hydrogen (secondary N) is 2. The lowest BCUT2D eigenvalue weighted by atomic mass is 9.83. The minimum absolute atomic E-state index is 0.00546. The number of nitrogens with zero attached hydrogens (tertiary/aromatic N) is 3. The number of hydrogen-bond acceptors (Lipinski definition) is 18. The fourth-order valence-electron chi connectivity index (χ4n) is 9.77. The molecule has 5 aromatic carbocycles. The topological polar surface area (TPSA) is 290 Å². The van der Waals surface area contributed by atoms with Crippen LogP contribution in [0, 0.1) is 0 Å². The monoisotopic (exact) mass is 1120 g/mol. The molecule has 2 amide bonds. The first-order valence-electron chi connectivity index (χ1n) is 26.2. The number of nitrogens with two attached hydrogens (primary N) is 1. The van der Waals surface area contributed by atoms with E-state index in [2.05, 4.69) is 25.6 Å². The normalized spacial score (nSPS) is 15.7. The Morgan fingerprint density at radius 1 is 0.494 bits per heavy atom. The summed E-state index contributed by atoms with van der Waals surface area (Å²) in [5.74, 6) is -3.11. The molecule has 0 radical (unpaired) electrons. The van der Waals surface area contributed by atoms with Gasteiger partial charge in [-0.05, 0) is 86.0 Å². The van der Waals surface area contributed by atoms with Gasteiger partial charge in [0.15, 0.2) is 0 Å². The molecule has 3 unspecified atom stereocenters. The highest BCUT2D eigenvalue weighted by Gasteiger charge is 2.40. The van der Waals surface area contributed by atoms with Crippen LogP contribution in [0.1, 0.15) is 85.8 Å². The number of ether oxygens (including phenoxy) is 6. The first-order chi connectivity index (χ1) is 40.1. The molecular formula is C63H56N6O14. The van der Waals surface area contributed by atoms with Crippen LogP contribution < -0.4 is 30.6 Å². The lowest BCUT2D eigenvalue weighted by molar-refractivity contribution is -0.140. The Kier molecular flexibility index (Phi) is 17.2. The molecule has 20 nitrogen and oxygen atoms in total. The fraction of sp³-hybridized carbons (Fsp3) is 0.175. The van der Waals surface area contributed by atoms with Gasteiger partial charge in [-0.2, -0.15) is 0 Å². The molecule has 3 aliphatic rings. The van der Waals surface area contributed by atoms with Crippen molar-refractivity contribution in [3.05, 3.63) is 220 Å². The van der Waals surface area contributed by atoms with Gasteiger partial charge < -0.3 is 49.5 Å². The Balaban J connectivity index is 0.000000150. The summed E-state index contributed by atoms with van der Waals surface area (Å²) in [7, 11) is 0. The largest absolute Gasteiger partial charge is 0.508 e. The van der Waals surface area contributed by atoms with E-state index < -0.39 is 47.5 Å². The minimum atomic E-state index is -0.604. The number of carbonyl (C=O) groups excluding carboxylic acids is 5. The van der Waals surface area contributed by atoms with Crippen LogP contribution in [0.4, 0.5) is 0 Å². The van der Waals surface area contributed by atoms with E-state index in [9.17, 15) is 39.3 Å². The van der Waals surface area contributed by atoms with Crippen molar-refractivity contribution in [3.8, 4) is 34.5 Å². The van der Waals surface area contributed by atoms with Crippen molar-refractivity contribution in [2.75, 3.05) is 19.8 Å². The molecule has 83 heavy (non-hydrogen) atoms. The fourth-order valence-corrected chi connectivity index (χ4v) is 9.77. The van der Waals surface area contributed by atoms with Crippen LogP contribution in [0.3, 0.4) is 0 Å². The van der Waals surface area contributed by atoms with Gasteiger partial charge in [-0.25, -0.2) is 14.4 Å². The van der Waals surface area contributed by atoms with E-state index >= 15 is 0 Å². The molecule has 0 saturated carbocycles. The predicted octanol–water partition coefficient (Wildman–Crippen LogP) is 8.80. The number of benzene rings is 5. The van der Waals surface area contributed by atoms with Crippen molar-refractivity contribution < 1.29 is 67.7 Å². The van der Waals surface area contributed by atoms with E-state index in [1.807, 2.05) is 66.7 Å². The molecule has 11 rings (SSSR count). The zero-order chi connectivity index (χ0) is 58.9. The summed E-state index contributed by atoms with van der Waals surface area (Å²) >= 11 is 0. The molecule has 3 aliphatic heterocycles. The first kappa shape index (κ1) is 56.9. The maximum absolute atomic E-state index is 12.9. The van der Waals surface area contributed by atoms with Gasteiger partial charge in [0.2, 0.25) is 29.5 Å². The van der Waals surface area contributed by atoms with Gasteiger partial charge in [0, 0.05) is 84.3 Å². The molecule has 6 heterocycles. The van der Waals surface area contributed by atoms with Crippen LogP contribution in [0.5, 0.6) is 34.5 Å². The standard InChI is InChI=1S/C23H20N2O5.C21H18N2O4.C19H18N2O5/c1-3-29-23(28)21-20(15-10-14-6-4-5-7-18(14)24-12-15)17-9-8-16(27)11-19(17)30-22(21)25-13(2)26;1-2-26-21(25)19-18(13-9-12-5-3-4-6-16(12)23-11-13)15-8-7-14(24)10-17(15)27-20(19)22;1-3-25-19(24)17-16(12-5-4-8-20-10-12)14-7-6-13(23)9-15(14)26-18(17)21-11(2)22/h4-12,20,27H,3H2,1-2H3,(H,25,26);3-11,18,24H,2,22H2,1H3;4-10,16,23H,3H2,1-2H3,(H,21,22). The maximum Gasteiger partial charge on any atom is 0.340 e. The third-order valence-electron chi connectivity index (χ3n) is 13.2. The van der Waals surface area contributed by atoms with Crippen LogP contribution in [-0.4, -0.2) is 79.8 Å². The van der Waals surface area contributed by atoms with Gasteiger partial charge in [0.1, 0.15) is 51.2 Å². The van der Waals surface area contributed by atoms with E-state index in [0.717, 1.165) is 38.5 Å². The predicted molar refractivity (Wildman–Crippen MR) is 302 cm³/mol. The molecule has 422 valence electrons. The third-order valence-corrected chi connectivity index (χ3v) is 13.2. The van der Waals surface area contributed by atoms with Crippen LogP contribution in [-0.2, 0) is 38.2 Å². The van der Waals surface area contributed by atoms with Crippen LogP contribution >= 0.6 is 0 Å². The number of para-hydroxylation sites is 2. The van der Waals surface area contributed by atoms with Crippen LogP contribution in [0.25, 0.3) is 21.8 Å². The summed E-state index contributed by atoms with van der Waals surface area (Å²) in [6.07, 6.45) is 6.68. The Morgan fingerprint density at radius 2 is 0.892 bits per heavy atom. The highest BCUT2D eigenvalue weighted by atomic mass is 16.5. The number of hydrogen-bond donors (Lipinski definition) is 6. The Bertz CT molecular complexity index is 3940. The molecule has 0 spiro atoms. The molecule has 3 aromatic heterocycles. The van der Waals surface area contributed by atoms with Crippen molar-refractivity contribution in [2.45, 2.75) is 52.4 Å². The van der Waals surface area contributed by atoms with Crippen LogP contribution in [0.2, 0.25) is 0 Å². The minimum Gasteiger partial charge on any atom is -0.508 e. The summed E-state index contributed by atoms with van der Waals surface area (Å²) in [6.45, 7) is 8.35. The maximum atomic E-state index is 12.9. The molecule has 20 heteroatoms. The number of rotatable bonds is 11. The first-order valence-corrected chi connectivity index (χ1v) is 26.2. The summed E-state index contributed by atoms with van der Waals surface area (Å²) in [5, 5.41) is 36.5. The van der Waals surface area contributed by atoms with Gasteiger partial charge in [-0.3, -0.25) is 35.2 Å². The molecule has 3 atom stereocenters. The molecule has 0 fully saturated rings. The number of carbonyl (C=O) groups is 5. The quantitative estimate of drug-likeness (QED) is 0.0521. The van der Waals surface area contributed by atoms with E-state index in [1.54, 1.807) is 75.9 Å². The van der Waals surface area contributed by atoms with Gasteiger partial charge >= 0.3 is 17.9 Å². The highest BCUT2D eigenvalue weighted by molar-refractivity contribution is 5.96. The van der Waals surface area contributed by atoms with Gasteiger partial charge in [-0.15, -0.1) is 0 Å². The Labute approximate surface area is 475 Å². The third kappa shape index (κ3) is 12.5. The van der Waals surface area contributed by atoms with Crippen molar-refractivity contribution in [2.24, 2.45) is 5.73 Å². The summed E-state index contributed by atoms with van der Waals surface area (Å²) in [6, 6.07) is 36.9. The molecule has 7 N–H and O–H groups in total. The molecule has 8 aromatic rings. The molecular weight excluding hydrogens is 1060 g/mol. The summed E-state index contributed by atoms with van der Waals surface area (Å²) < 4.78 is 32.8. The van der Waals surface area contributed by atoms with Crippen molar-refractivity contribution in [1.29, 1.82) is 0 Å². The Morgan fingerprint density at radius 3 is 1.30 bits per heavy atom. The number of aromatic hydroxyl groups is 3. The second-order valence-electron chi connectivity index (χ2n) is 18.8. The number of pyridine rings is 3. The molecule has 0 bridgehead atoms. The average molecular weight is 1120 g/mol. The van der Waals surface area contributed by atoms with Crippen LogP contribution in [0.15, 0.2) is 187 Å². The second-order valence-corrected chi connectivity index (χ2v) is 18.8. The van der Waals surface area contributed by atoms with Crippen molar-refractivity contribution in [1.82, 2.24) is 25.6 Å². The summed E-state index contributed by atoms with van der Waals surface area (Å²) in [5.41, 5.74) is 12.6. The SMILES string of the molecule is CCOC(=O)C1=C(N)Oc2cc(O)ccc2C1c1cnc2ccccc2c1.CCOC(=O)C1=C(NC(C)=O)Oc2cc(O)ccc2C1c1cccnc1.CCOC(=O)C1=C(NC(C)=O)Oc2cc(O)ccc2C1c1cnc2ccccc2c1. The van der Waals surface area contributed by atoms with E-state index in [1.165, 1.54) is 44.2 Å². The van der Waals surface area contributed by atoms with E-state index in [0.29, 0.717) is 33.9 Å². The smallest absolute Gasteiger partial charge is 0.340 e. The number of aromatic nitrogens is 3. The summed E-state index contributed by atoms with van der Waals surface area (Å²) in [4.78, 5) is 74.8. The van der Waals surface area contributed by atoms with Gasteiger partial charge in [0.25, 0.3) is 0 Å². The number of fused-ring (bicyclic) bond motifs is 5. The number of phenolic OH excluding ortho intramolecular Hbond substituents is 3. The number of amides is 2. The van der Waals surface area contributed by atoms with Crippen molar-refractivity contribution in [3.63, 3.8) is 0 Å². The van der Waals surface area contributed by atoms with E-state index in [4.69, 9.17) is 34.2 Å². The second kappa shape index (κ2) is 25.1. The number of esters is 3. The van der Waals surface area contributed by atoms with Gasteiger partial charge in [0.05, 0.1) is 48.6 Å². The zero-order valence-electron chi connectivity index (χ0n) is 45.5.